The highest BCUT2D eigenvalue weighted by molar-refractivity contribution is 6.30. The third-order valence-electron chi connectivity index (χ3n) is 2.12. The van der Waals surface area contributed by atoms with Gasteiger partial charge in [-0.25, -0.2) is 0 Å². The first-order valence-corrected chi connectivity index (χ1v) is 6.18. The van der Waals surface area contributed by atoms with E-state index in [1.54, 1.807) is 0 Å². The van der Waals surface area contributed by atoms with Gasteiger partial charge >= 0.3 is 0 Å². The molecule has 1 unspecified atom stereocenters. The predicted molar refractivity (Wildman–Crippen MR) is 53.7 cm³/mol. The van der Waals surface area contributed by atoms with E-state index in [1.807, 2.05) is 0 Å². The lowest BCUT2D eigenvalue weighted by atomic mass is 10.2. The Balaban J connectivity index is 3.58. The SMILES string of the molecule is CCC(CC)O[SiH2]C(C#N)CC. The van der Waals surface area contributed by atoms with Gasteiger partial charge in [-0.3, -0.25) is 0 Å². The minimum absolute atomic E-state index is 0.214. The molecule has 0 aliphatic rings. The van der Waals surface area contributed by atoms with Gasteiger partial charge in [-0.15, -0.1) is 0 Å². The Labute approximate surface area is 77.9 Å². The third-order valence-corrected chi connectivity index (χ3v) is 3.95. The lowest BCUT2D eigenvalue weighted by Crippen LogP contribution is -2.16. The average Bonchev–Trinajstić information content (AvgIpc) is 2.13. The molecule has 0 bridgehead atoms. The molecule has 3 heteroatoms. The van der Waals surface area contributed by atoms with E-state index in [-0.39, 0.29) is 5.54 Å². The fourth-order valence-corrected chi connectivity index (χ4v) is 2.31. The molecule has 0 amide bonds. The smallest absolute Gasteiger partial charge is 0.178 e. The van der Waals surface area contributed by atoms with E-state index in [9.17, 15) is 0 Å². The quantitative estimate of drug-likeness (QED) is 0.593. The molecule has 0 N–H and O–H groups in total. The van der Waals surface area contributed by atoms with E-state index in [1.165, 1.54) is 0 Å². The second-order valence-corrected chi connectivity index (χ2v) is 4.66. The van der Waals surface area contributed by atoms with Crippen LogP contribution < -0.4 is 0 Å². The van der Waals surface area contributed by atoms with Crippen LogP contribution in [-0.4, -0.2) is 15.9 Å². The zero-order valence-electron chi connectivity index (χ0n) is 8.34. The lowest BCUT2D eigenvalue weighted by molar-refractivity contribution is 0.200. The number of rotatable bonds is 6. The largest absolute Gasteiger partial charge is 0.420 e. The van der Waals surface area contributed by atoms with Crippen molar-refractivity contribution in [2.45, 2.75) is 51.7 Å². The van der Waals surface area contributed by atoms with Crippen LogP contribution in [0.25, 0.3) is 0 Å². The average molecular weight is 185 g/mol. The van der Waals surface area contributed by atoms with Gasteiger partial charge < -0.3 is 4.43 Å². The zero-order valence-corrected chi connectivity index (χ0v) is 9.75. The first kappa shape index (κ1) is 11.7. The van der Waals surface area contributed by atoms with Crippen molar-refractivity contribution in [2.75, 3.05) is 0 Å². The summed E-state index contributed by atoms with van der Waals surface area (Å²) in [7, 11) is -0.605. The molecule has 0 rings (SSSR count). The van der Waals surface area contributed by atoms with Crippen LogP contribution in [0, 0.1) is 11.3 Å². The highest BCUT2D eigenvalue weighted by Gasteiger charge is 2.09. The Hall–Kier alpha value is -0.333. The van der Waals surface area contributed by atoms with Gasteiger partial charge in [0.15, 0.2) is 9.76 Å². The Morgan fingerprint density at radius 2 is 1.83 bits per heavy atom. The maximum Gasteiger partial charge on any atom is 0.178 e. The van der Waals surface area contributed by atoms with Gasteiger partial charge in [0.2, 0.25) is 0 Å². The minimum atomic E-state index is -0.605. The summed E-state index contributed by atoms with van der Waals surface area (Å²) >= 11 is 0. The molecule has 70 valence electrons. The molecule has 2 nitrogen and oxygen atoms in total. The topological polar surface area (TPSA) is 33.0 Å². The van der Waals surface area contributed by atoms with Crippen LogP contribution in [0.1, 0.15) is 40.0 Å². The summed E-state index contributed by atoms with van der Waals surface area (Å²) in [6, 6.07) is 2.29. The van der Waals surface area contributed by atoms with Gasteiger partial charge in [-0.05, 0) is 19.3 Å². The molecular formula is C9H19NOSi. The normalized spacial score (nSPS) is 13.9. The van der Waals surface area contributed by atoms with Crippen molar-refractivity contribution in [3.63, 3.8) is 0 Å². The summed E-state index contributed by atoms with van der Waals surface area (Å²) in [6.07, 6.45) is 3.50. The molecular weight excluding hydrogens is 166 g/mol. The van der Waals surface area contributed by atoms with Crippen molar-refractivity contribution in [3.8, 4) is 6.07 Å². The molecule has 0 saturated carbocycles. The maximum absolute atomic E-state index is 8.69. The first-order valence-electron chi connectivity index (χ1n) is 4.79. The van der Waals surface area contributed by atoms with Crippen molar-refractivity contribution in [2.24, 2.45) is 0 Å². The van der Waals surface area contributed by atoms with Crippen LogP contribution >= 0.6 is 0 Å². The van der Waals surface area contributed by atoms with Crippen molar-refractivity contribution < 1.29 is 4.43 Å². The van der Waals surface area contributed by atoms with Crippen LogP contribution in [0.5, 0.6) is 0 Å². The Morgan fingerprint density at radius 3 is 2.17 bits per heavy atom. The number of hydrogen-bond acceptors (Lipinski definition) is 2. The Kier molecular flexibility index (Phi) is 7.12. The summed E-state index contributed by atoms with van der Waals surface area (Å²) in [6.45, 7) is 6.32. The molecule has 0 aromatic rings. The monoisotopic (exact) mass is 185 g/mol. The molecule has 0 aliphatic carbocycles. The van der Waals surface area contributed by atoms with Gasteiger partial charge in [0.05, 0.1) is 11.6 Å². The standard InChI is InChI=1S/C9H19NOSi/c1-4-8(5-2)11-12-9(6-3)7-10/h8-9H,4-6,12H2,1-3H3. The number of nitrogens with zero attached hydrogens (tertiary/aromatic N) is 1. The highest BCUT2D eigenvalue weighted by atomic mass is 28.2. The van der Waals surface area contributed by atoms with Crippen molar-refractivity contribution in [1.82, 2.24) is 0 Å². The number of nitriles is 1. The molecule has 0 aliphatic heterocycles. The van der Waals surface area contributed by atoms with Gasteiger partial charge in [0, 0.05) is 6.10 Å². The highest BCUT2D eigenvalue weighted by Crippen LogP contribution is 2.10. The molecule has 1 atom stereocenters. The predicted octanol–water partition coefficient (Wildman–Crippen LogP) is 2.00. The van der Waals surface area contributed by atoms with Crippen LogP contribution in [0.2, 0.25) is 5.54 Å². The van der Waals surface area contributed by atoms with Crippen molar-refractivity contribution in [3.05, 3.63) is 0 Å². The summed E-state index contributed by atoms with van der Waals surface area (Å²) in [5.74, 6) is 0. The molecule has 0 heterocycles. The molecule has 0 saturated heterocycles. The van der Waals surface area contributed by atoms with Crippen molar-refractivity contribution in [1.29, 1.82) is 5.26 Å². The zero-order chi connectivity index (χ0) is 9.40. The molecule has 12 heavy (non-hydrogen) atoms. The lowest BCUT2D eigenvalue weighted by Gasteiger charge is -2.15. The second kappa shape index (κ2) is 7.32. The molecule has 0 fully saturated rings. The fraction of sp³-hybridized carbons (Fsp3) is 0.889. The molecule has 0 radical (unpaired) electrons. The van der Waals surface area contributed by atoms with E-state index in [2.05, 4.69) is 26.8 Å². The van der Waals surface area contributed by atoms with Gasteiger partial charge in [0.1, 0.15) is 0 Å². The first-order chi connectivity index (χ1) is 5.78. The van der Waals surface area contributed by atoms with E-state index in [4.69, 9.17) is 9.69 Å². The summed E-state index contributed by atoms with van der Waals surface area (Å²) < 4.78 is 5.70. The van der Waals surface area contributed by atoms with E-state index >= 15 is 0 Å². The fourth-order valence-electron chi connectivity index (χ4n) is 1.02. The Morgan fingerprint density at radius 1 is 1.25 bits per heavy atom. The van der Waals surface area contributed by atoms with Gasteiger partial charge in [0.25, 0.3) is 0 Å². The minimum Gasteiger partial charge on any atom is -0.420 e. The van der Waals surface area contributed by atoms with E-state index in [0.717, 1.165) is 19.3 Å². The molecule has 0 spiro atoms. The van der Waals surface area contributed by atoms with Crippen LogP contribution in [-0.2, 0) is 4.43 Å². The van der Waals surface area contributed by atoms with Crippen LogP contribution in [0.15, 0.2) is 0 Å². The van der Waals surface area contributed by atoms with Gasteiger partial charge in [-0.2, -0.15) is 5.26 Å². The van der Waals surface area contributed by atoms with E-state index in [0.29, 0.717) is 6.10 Å². The summed E-state index contributed by atoms with van der Waals surface area (Å²) in [5.41, 5.74) is 0.214. The van der Waals surface area contributed by atoms with Gasteiger partial charge in [-0.1, -0.05) is 20.8 Å². The maximum atomic E-state index is 8.69. The summed E-state index contributed by atoms with van der Waals surface area (Å²) in [4.78, 5) is 0. The van der Waals surface area contributed by atoms with Crippen molar-refractivity contribution >= 4 is 9.76 Å². The van der Waals surface area contributed by atoms with Crippen LogP contribution in [0.4, 0.5) is 0 Å². The Bertz CT molecular complexity index is 140. The van der Waals surface area contributed by atoms with E-state index < -0.39 is 9.76 Å². The molecule has 0 aromatic heterocycles. The molecule has 0 aromatic carbocycles. The number of hydrogen-bond donors (Lipinski definition) is 0. The summed E-state index contributed by atoms with van der Waals surface area (Å²) in [5, 5.41) is 8.69. The van der Waals surface area contributed by atoms with Crippen LogP contribution in [0.3, 0.4) is 0 Å². The third kappa shape index (κ3) is 4.53. The second-order valence-electron chi connectivity index (χ2n) is 3.01.